The van der Waals surface area contributed by atoms with Crippen molar-refractivity contribution in [1.82, 2.24) is 4.90 Å². The number of carbonyl (C=O) groups is 3. The number of amides is 2. The predicted molar refractivity (Wildman–Crippen MR) is 136 cm³/mol. The minimum absolute atomic E-state index is 0.00175. The minimum atomic E-state index is -0.588. The van der Waals surface area contributed by atoms with Crippen LogP contribution in [0.3, 0.4) is 0 Å². The summed E-state index contributed by atoms with van der Waals surface area (Å²) in [4.78, 5) is 51.8. The molecule has 0 aliphatic carbocycles. The van der Waals surface area contributed by atoms with Gasteiger partial charge in [0, 0.05) is 39.2 Å². The van der Waals surface area contributed by atoms with E-state index in [9.17, 15) is 24.5 Å². The first-order valence-electron chi connectivity index (χ1n) is 11.7. The van der Waals surface area contributed by atoms with Gasteiger partial charge in [-0.3, -0.25) is 19.7 Å². The summed E-state index contributed by atoms with van der Waals surface area (Å²) < 4.78 is 10.8. The second kappa shape index (κ2) is 10.9. The number of rotatable bonds is 7. The number of anilines is 2. The van der Waals surface area contributed by atoms with Crippen LogP contribution < -0.4 is 10.2 Å². The van der Waals surface area contributed by atoms with Crippen LogP contribution in [0.2, 0.25) is 0 Å². The van der Waals surface area contributed by atoms with Crippen molar-refractivity contribution < 1.29 is 28.5 Å². The van der Waals surface area contributed by atoms with Crippen LogP contribution in [-0.4, -0.2) is 60.4 Å². The van der Waals surface area contributed by atoms with Crippen LogP contribution >= 0.6 is 0 Å². The molecule has 1 aliphatic rings. The standard InChI is InChI=1S/C26H26N4O7/c1-3-36-26(33)18-8-9-22(29-14-12-28(13-15-29)17(2)31)20(16-18)27-25(32)24-11-10-23(37-24)19-6-4-5-7-21(19)30(34)35/h4-11,16H,3,12-15H2,1-2H3,(H,27,32). The van der Waals surface area contributed by atoms with Gasteiger partial charge in [0.05, 0.1) is 34.0 Å². The number of nitro groups is 1. The summed E-state index contributed by atoms with van der Waals surface area (Å²) in [5.41, 5.74) is 1.42. The Morgan fingerprint density at radius 2 is 1.78 bits per heavy atom. The zero-order valence-corrected chi connectivity index (χ0v) is 20.4. The lowest BCUT2D eigenvalue weighted by Crippen LogP contribution is -2.48. The Bertz CT molecular complexity index is 1340. The van der Waals surface area contributed by atoms with Crippen LogP contribution in [0.1, 0.15) is 34.8 Å². The summed E-state index contributed by atoms with van der Waals surface area (Å²) in [7, 11) is 0. The molecule has 11 heteroatoms. The van der Waals surface area contributed by atoms with Gasteiger partial charge in [0.15, 0.2) is 5.76 Å². The second-order valence-corrected chi connectivity index (χ2v) is 8.34. The molecule has 0 atom stereocenters. The van der Waals surface area contributed by atoms with Crippen molar-refractivity contribution in [3.05, 3.63) is 76.0 Å². The number of hydrogen-bond acceptors (Lipinski definition) is 8. The van der Waals surface area contributed by atoms with Gasteiger partial charge in [-0.05, 0) is 43.3 Å². The number of esters is 1. The average Bonchev–Trinajstić information content (AvgIpc) is 3.39. The molecule has 0 bridgehead atoms. The molecule has 0 spiro atoms. The van der Waals surface area contributed by atoms with Crippen LogP contribution in [0.4, 0.5) is 17.1 Å². The van der Waals surface area contributed by atoms with E-state index in [0.717, 1.165) is 0 Å². The zero-order valence-electron chi connectivity index (χ0n) is 20.4. The normalized spacial score (nSPS) is 13.2. The van der Waals surface area contributed by atoms with Gasteiger partial charge in [-0.2, -0.15) is 0 Å². The van der Waals surface area contributed by atoms with Crippen molar-refractivity contribution in [2.24, 2.45) is 0 Å². The van der Waals surface area contributed by atoms with Gasteiger partial charge in [-0.25, -0.2) is 4.79 Å². The number of benzene rings is 2. The Morgan fingerprint density at radius 1 is 1.05 bits per heavy atom. The van der Waals surface area contributed by atoms with Crippen LogP contribution in [-0.2, 0) is 9.53 Å². The highest BCUT2D eigenvalue weighted by molar-refractivity contribution is 6.05. The lowest BCUT2D eigenvalue weighted by Gasteiger charge is -2.36. The van der Waals surface area contributed by atoms with E-state index in [4.69, 9.17) is 9.15 Å². The van der Waals surface area contributed by atoms with Gasteiger partial charge in [0.2, 0.25) is 5.91 Å². The highest BCUT2D eigenvalue weighted by atomic mass is 16.6. The number of nitrogens with one attached hydrogen (secondary N) is 1. The molecule has 1 saturated heterocycles. The molecular formula is C26H26N4O7. The van der Waals surface area contributed by atoms with Gasteiger partial charge in [-0.15, -0.1) is 0 Å². The smallest absolute Gasteiger partial charge is 0.338 e. The third kappa shape index (κ3) is 5.61. The molecule has 2 heterocycles. The van der Waals surface area contributed by atoms with E-state index in [2.05, 4.69) is 5.32 Å². The Labute approximate surface area is 212 Å². The lowest BCUT2D eigenvalue weighted by molar-refractivity contribution is -0.384. The summed E-state index contributed by atoms with van der Waals surface area (Å²) >= 11 is 0. The minimum Gasteiger partial charge on any atom is -0.462 e. The highest BCUT2D eigenvalue weighted by Crippen LogP contribution is 2.32. The number of nitro benzene ring substituents is 1. The first-order valence-corrected chi connectivity index (χ1v) is 11.7. The molecule has 1 fully saturated rings. The van der Waals surface area contributed by atoms with E-state index in [-0.39, 0.29) is 40.8 Å². The average molecular weight is 507 g/mol. The molecule has 37 heavy (non-hydrogen) atoms. The van der Waals surface area contributed by atoms with Crippen molar-refractivity contribution >= 4 is 34.8 Å². The molecule has 1 aromatic heterocycles. The maximum absolute atomic E-state index is 13.1. The Balaban J connectivity index is 1.61. The summed E-state index contributed by atoms with van der Waals surface area (Å²) in [6, 6.07) is 13.9. The number of piperazine rings is 1. The molecule has 192 valence electrons. The van der Waals surface area contributed by atoms with Crippen LogP contribution in [0.15, 0.2) is 59.0 Å². The van der Waals surface area contributed by atoms with Crippen LogP contribution in [0.25, 0.3) is 11.3 Å². The maximum Gasteiger partial charge on any atom is 0.338 e. The Hall–Kier alpha value is -4.67. The Kier molecular flexibility index (Phi) is 7.52. The molecule has 0 saturated carbocycles. The number of para-hydroxylation sites is 1. The zero-order chi connectivity index (χ0) is 26.5. The number of furan rings is 1. The highest BCUT2D eigenvalue weighted by Gasteiger charge is 2.24. The molecular weight excluding hydrogens is 480 g/mol. The lowest BCUT2D eigenvalue weighted by atomic mass is 10.1. The second-order valence-electron chi connectivity index (χ2n) is 8.34. The third-order valence-corrected chi connectivity index (χ3v) is 6.02. The summed E-state index contributed by atoms with van der Waals surface area (Å²) in [5, 5.41) is 14.2. The predicted octanol–water partition coefficient (Wildman–Crippen LogP) is 3.95. The fraction of sp³-hybridized carbons (Fsp3) is 0.269. The molecule has 2 aromatic carbocycles. The molecule has 1 N–H and O–H groups in total. The van der Waals surface area contributed by atoms with E-state index >= 15 is 0 Å². The van der Waals surface area contributed by atoms with Crippen LogP contribution in [0.5, 0.6) is 0 Å². The molecule has 3 aromatic rings. The first-order chi connectivity index (χ1) is 17.8. The van der Waals surface area contributed by atoms with Crippen molar-refractivity contribution in [2.45, 2.75) is 13.8 Å². The fourth-order valence-corrected chi connectivity index (χ4v) is 4.15. The van der Waals surface area contributed by atoms with E-state index in [1.54, 1.807) is 42.2 Å². The molecule has 4 rings (SSSR count). The fourth-order valence-electron chi connectivity index (χ4n) is 4.15. The molecule has 0 radical (unpaired) electrons. The number of nitrogens with zero attached hydrogens (tertiary/aromatic N) is 3. The van der Waals surface area contributed by atoms with Crippen molar-refractivity contribution in [1.29, 1.82) is 0 Å². The van der Waals surface area contributed by atoms with E-state index in [1.165, 1.54) is 31.2 Å². The van der Waals surface area contributed by atoms with E-state index in [1.807, 2.05) is 4.90 Å². The summed E-state index contributed by atoms with van der Waals surface area (Å²) in [6.07, 6.45) is 0. The molecule has 1 aliphatic heterocycles. The molecule has 11 nitrogen and oxygen atoms in total. The first kappa shape index (κ1) is 25.4. The molecule has 2 amide bonds. The van der Waals surface area contributed by atoms with Gasteiger partial charge >= 0.3 is 5.97 Å². The number of ether oxygens (including phenoxy) is 1. The number of hydrogen-bond donors (Lipinski definition) is 1. The van der Waals surface area contributed by atoms with Gasteiger partial charge < -0.3 is 24.3 Å². The molecule has 0 unspecified atom stereocenters. The summed E-state index contributed by atoms with van der Waals surface area (Å²) in [6.45, 7) is 5.58. The van der Waals surface area contributed by atoms with Gasteiger partial charge in [-0.1, -0.05) is 12.1 Å². The van der Waals surface area contributed by atoms with Gasteiger partial charge in [0.1, 0.15) is 5.76 Å². The topological polar surface area (TPSA) is 135 Å². The SMILES string of the molecule is CCOC(=O)c1ccc(N2CCN(C(C)=O)CC2)c(NC(=O)c2ccc(-c3ccccc3[N+](=O)[O-])o2)c1. The van der Waals surface area contributed by atoms with E-state index < -0.39 is 16.8 Å². The maximum atomic E-state index is 13.1. The van der Waals surface area contributed by atoms with Crippen molar-refractivity contribution in [3.8, 4) is 11.3 Å². The largest absolute Gasteiger partial charge is 0.462 e. The van der Waals surface area contributed by atoms with Crippen molar-refractivity contribution in [2.75, 3.05) is 43.0 Å². The van der Waals surface area contributed by atoms with Crippen molar-refractivity contribution in [3.63, 3.8) is 0 Å². The quantitative estimate of drug-likeness (QED) is 0.289. The Morgan fingerprint density at radius 3 is 2.46 bits per heavy atom. The number of carbonyl (C=O) groups excluding carboxylic acids is 3. The van der Waals surface area contributed by atoms with Crippen LogP contribution in [0, 0.1) is 10.1 Å². The third-order valence-electron chi connectivity index (χ3n) is 6.02. The van der Waals surface area contributed by atoms with Gasteiger partial charge in [0.25, 0.3) is 11.6 Å². The summed E-state index contributed by atoms with van der Waals surface area (Å²) in [5.74, 6) is -0.990. The monoisotopic (exact) mass is 506 g/mol. The van der Waals surface area contributed by atoms with E-state index in [0.29, 0.717) is 37.6 Å².